The van der Waals surface area contributed by atoms with Gasteiger partial charge >= 0.3 is 0 Å². The molecule has 0 saturated heterocycles. The number of carbonyl (C=O) groups excluding carboxylic acids is 1. The van der Waals surface area contributed by atoms with Crippen LogP contribution < -0.4 is 9.62 Å². The number of hydrogen-bond donors (Lipinski definition) is 1. The van der Waals surface area contributed by atoms with Crippen LogP contribution in [0, 0.1) is 5.82 Å². The highest BCUT2D eigenvalue weighted by molar-refractivity contribution is 7.92. The van der Waals surface area contributed by atoms with Crippen molar-refractivity contribution in [2.75, 3.05) is 23.4 Å². The first-order valence-electron chi connectivity index (χ1n) is 8.75. The van der Waals surface area contributed by atoms with Gasteiger partial charge in [-0.1, -0.05) is 31.2 Å². The number of sulfone groups is 1. The number of nitrogens with zero attached hydrogens (tertiary/aromatic N) is 1. The predicted molar refractivity (Wildman–Crippen MR) is 109 cm³/mol. The molecule has 0 saturated carbocycles. The molecule has 0 radical (unpaired) electrons. The Morgan fingerprint density at radius 3 is 2.10 bits per heavy atom. The summed E-state index contributed by atoms with van der Waals surface area (Å²) >= 11 is 0. The largest absolute Gasteiger partial charge is 0.348 e. The fourth-order valence-electron chi connectivity index (χ4n) is 2.77. The molecule has 7 nitrogen and oxygen atoms in total. The molecule has 1 atom stereocenters. The summed E-state index contributed by atoms with van der Waals surface area (Å²) in [6, 6.07) is 10.9. The van der Waals surface area contributed by atoms with Gasteiger partial charge in [-0.25, -0.2) is 21.2 Å². The Hall–Kier alpha value is -2.46. The summed E-state index contributed by atoms with van der Waals surface area (Å²) < 4.78 is 62.1. The van der Waals surface area contributed by atoms with Gasteiger partial charge in [-0.3, -0.25) is 9.10 Å². The molecule has 29 heavy (non-hydrogen) atoms. The second kappa shape index (κ2) is 8.91. The zero-order chi connectivity index (χ0) is 21.8. The lowest BCUT2D eigenvalue weighted by Crippen LogP contribution is -2.41. The third-order valence-corrected chi connectivity index (χ3v) is 6.52. The summed E-state index contributed by atoms with van der Waals surface area (Å²) in [6.45, 7) is 1.23. The number of halogens is 1. The molecule has 0 heterocycles. The third kappa shape index (κ3) is 6.01. The van der Waals surface area contributed by atoms with Crippen molar-refractivity contribution in [2.24, 2.45) is 0 Å². The van der Waals surface area contributed by atoms with Crippen LogP contribution in [0.15, 0.2) is 53.4 Å². The maximum atomic E-state index is 14.1. The minimum absolute atomic E-state index is 0.158. The van der Waals surface area contributed by atoms with E-state index >= 15 is 0 Å². The molecule has 0 fully saturated rings. The van der Waals surface area contributed by atoms with E-state index in [2.05, 4.69) is 5.32 Å². The molecule has 1 N–H and O–H groups in total. The number of nitrogens with one attached hydrogen (secondary N) is 1. The fraction of sp³-hybridized carbons (Fsp3) is 0.316. The summed E-state index contributed by atoms with van der Waals surface area (Å²) in [5, 5.41) is 2.72. The van der Waals surface area contributed by atoms with Crippen molar-refractivity contribution in [1.82, 2.24) is 5.32 Å². The van der Waals surface area contributed by atoms with E-state index in [4.69, 9.17) is 0 Å². The standard InChI is InChI=1S/C19H23FN2O5S2/c1-4-17(14-9-11-15(12-10-14)28(2,24)25)21-19(23)13-22(29(3,26)27)18-8-6-5-7-16(18)20/h5-12,17H,4,13H2,1-3H3,(H,21,23)/t17-/m1/s1. The van der Waals surface area contributed by atoms with E-state index in [0.29, 0.717) is 16.3 Å². The molecule has 0 aliphatic heterocycles. The molecule has 2 aromatic rings. The van der Waals surface area contributed by atoms with Crippen molar-refractivity contribution in [3.8, 4) is 0 Å². The van der Waals surface area contributed by atoms with Crippen LogP contribution in [-0.2, 0) is 24.7 Å². The van der Waals surface area contributed by atoms with E-state index in [1.54, 1.807) is 12.1 Å². The molecular weight excluding hydrogens is 419 g/mol. The highest BCUT2D eigenvalue weighted by Gasteiger charge is 2.24. The average molecular weight is 443 g/mol. The predicted octanol–water partition coefficient (Wildman–Crippen LogP) is 2.26. The monoisotopic (exact) mass is 442 g/mol. The molecule has 2 aromatic carbocycles. The van der Waals surface area contributed by atoms with Gasteiger partial charge in [-0.2, -0.15) is 0 Å². The Kier molecular flexibility index (Phi) is 7.02. The first-order chi connectivity index (χ1) is 13.4. The molecule has 0 aliphatic carbocycles. The van der Waals surface area contributed by atoms with Crippen LogP contribution in [0.25, 0.3) is 0 Å². The molecular formula is C19H23FN2O5S2. The van der Waals surface area contributed by atoms with E-state index in [-0.39, 0.29) is 10.6 Å². The zero-order valence-corrected chi connectivity index (χ0v) is 17.9. The minimum atomic E-state index is -3.90. The quantitative estimate of drug-likeness (QED) is 0.676. The highest BCUT2D eigenvalue weighted by atomic mass is 32.2. The lowest BCUT2D eigenvalue weighted by molar-refractivity contribution is -0.120. The van der Waals surface area contributed by atoms with Crippen molar-refractivity contribution < 1.29 is 26.0 Å². The summed E-state index contributed by atoms with van der Waals surface area (Å²) in [6.07, 6.45) is 2.49. The second-order valence-electron chi connectivity index (χ2n) is 6.59. The van der Waals surface area contributed by atoms with E-state index in [1.807, 2.05) is 6.92 Å². The molecule has 0 aromatic heterocycles. The van der Waals surface area contributed by atoms with Gasteiger partial charge in [0.05, 0.1) is 22.9 Å². The fourth-order valence-corrected chi connectivity index (χ4v) is 4.26. The van der Waals surface area contributed by atoms with E-state index < -0.39 is 44.2 Å². The maximum Gasteiger partial charge on any atom is 0.241 e. The maximum absolute atomic E-state index is 14.1. The van der Waals surface area contributed by atoms with Gasteiger partial charge in [-0.05, 0) is 36.2 Å². The molecule has 158 valence electrons. The van der Waals surface area contributed by atoms with Gasteiger partial charge < -0.3 is 5.32 Å². The summed E-state index contributed by atoms with van der Waals surface area (Å²) in [7, 11) is -7.24. The lowest BCUT2D eigenvalue weighted by atomic mass is 10.0. The van der Waals surface area contributed by atoms with Crippen LogP contribution in [0.2, 0.25) is 0 Å². The van der Waals surface area contributed by atoms with Crippen LogP contribution in [-0.4, -0.2) is 41.8 Å². The smallest absolute Gasteiger partial charge is 0.241 e. The molecule has 10 heteroatoms. The van der Waals surface area contributed by atoms with Gasteiger partial charge in [0.2, 0.25) is 15.9 Å². The number of para-hydroxylation sites is 1. The van der Waals surface area contributed by atoms with Crippen LogP contribution >= 0.6 is 0 Å². The Balaban J connectivity index is 2.21. The molecule has 0 bridgehead atoms. The molecule has 0 spiro atoms. The topological polar surface area (TPSA) is 101 Å². The SMILES string of the molecule is CC[C@@H](NC(=O)CN(c1ccccc1F)S(C)(=O)=O)c1ccc(S(C)(=O)=O)cc1. The van der Waals surface area contributed by atoms with Gasteiger partial charge in [0.15, 0.2) is 9.84 Å². The second-order valence-corrected chi connectivity index (χ2v) is 10.5. The van der Waals surface area contributed by atoms with Gasteiger partial charge in [0.1, 0.15) is 12.4 Å². The van der Waals surface area contributed by atoms with Crippen molar-refractivity contribution >= 4 is 31.5 Å². The number of rotatable bonds is 8. The zero-order valence-electron chi connectivity index (χ0n) is 16.3. The molecule has 0 aliphatic rings. The normalized spacial score (nSPS) is 13.0. The average Bonchev–Trinajstić information content (AvgIpc) is 2.63. The Morgan fingerprint density at radius 2 is 1.62 bits per heavy atom. The Bertz CT molecular complexity index is 1080. The van der Waals surface area contributed by atoms with Crippen LogP contribution in [0.1, 0.15) is 24.9 Å². The summed E-state index contributed by atoms with van der Waals surface area (Å²) in [5.74, 6) is -1.37. The summed E-state index contributed by atoms with van der Waals surface area (Å²) in [4.78, 5) is 12.7. The van der Waals surface area contributed by atoms with Crippen molar-refractivity contribution in [3.63, 3.8) is 0 Å². The first-order valence-corrected chi connectivity index (χ1v) is 12.5. The molecule has 2 rings (SSSR count). The number of amides is 1. The van der Waals surface area contributed by atoms with E-state index in [9.17, 15) is 26.0 Å². The van der Waals surface area contributed by atoms with Crippen molar-refractivity contribution in [1.29, 1.82) is 0 Å². The van der Waals surface area contributed by atoms with Crippen molar-refractivity contribution in [3.05, 3.63) is 59.9 Å². The minimum Gasteiger partial charge on any atom is -0.348 e. The highest BCUT2D eigenvalue weighted by Crippen LogP contribution is 2.22. The van der Waals surface area contributed by atoms with E-state index in [1.165, 1.54) is 30.3 Å². The number of carbonyl (C=O) groups is 1. The van der Waals surface area contributed by atoms with Gasteiger partial charge in [-0.15, -0.1) is 0 Å². The number of benzene rings is 2. The number of sulfonamides is 1. The number of anilines is 1. The lowest BCUT2D eigenvalue weighted by Gasteiger charge is -2.24. The van der Waals surface area contributed by atoms with Gasteiger partial charge in [0, 0.05) is 6.26 Å². The summed E-state index contributed by atoms with van der Waals surface area (Å²) in [5.41, 5.74) is 0.459. The molecule has 0 unspecified atom stereocenters. The third-order valence-electron chi connectivity index (χ3n) is 4.26. The van der Waals surface area contributed by atoms with Crippen LogP contribution in [0.4, 0.5) is 10.1 Å². The van der Waals surface area contributed by atoms with E-state index in [0.717, 1.165) is 18.6 Å². The first kappa shape index (κ1) is 22.8. The Labute approximate surface area is 170 Å². The van der Waals surface area contributed by atoms with Gasteiger partial charge in [0.25, 0.3) is 0 Å². The van der Waals surface area contributed by atoms with Crippen molar-refractivity contribution in [2.45, 2.75) is 24.3 Å². The van der Waals surface area contributed by atoms with Crippen LogP contribution in [0.5, 0.6) is 0 Å². The number of hydrogen-bond acceptors (Lipinski definition) is 5. The van der Waals surface area contributed by atoms with Crippen LogP contribution in [0.3, 0.4) is 0 Å². The molecule has 1 amide bonds. The Morgan fingerprint density at radius 1 is 1.03 bits per heavy atom.